The number of rotatable bonds is 4. The second-order valence-corrected chi connectivity index (χ2v) is 4.49. The van der Waals surface area contributed by atoms with Crippen LogP contribution in [0.15, 0.2) is 0 Å². The van der Waals surface area contributed by atoms with Crippen LogP contribution in [0, 0.1) is 0 Å². The summed E-state index contributed by atoms with van der Waals surface area (Å²) in [6.45, 7) is 2.47. The van der Waals surface area contributed by atoms with Gasteiger partial charge in [-0.1, -0.05) is 0 Å². The maximum Gasteiger partial charge on any atom is 0.321 e. The molecule has 0 fully saturated rings. The summed E-state index contributed by atoms with van der Waals surface area (Å²) in [5.74, 6) is 0. The first-order valence-corrected chi connectivity index (χ1v) is 4.32. The highest BCUT2D eigenvalue weighted by molar-refractivity contribution is 6.04. The molecule has 0 aliphatic heterocycles. The molecule has 0 unspecified atom stereocenters. The molecule has 3 heteroatoms. The van der Waals surface area contributed by atoms with Gasteiger partial charge in [0.25, 0.3) is 0 Å². The third-order valence-electron chi connectivity index (χ3n) is 1.21. The van der Waals surface area contributed by atoms with Crippen molar-refractivity contribution in [1.82, 2.24) is 8.78 Å². The monoisotopic (exact) mass is 144 g/mol. The largest absolute Gasteiger partial charge is 0.393 e. The number of hydrogen-bond acceptors (Lipinski definition) is 2. The zero-order valence-electron chi connectivity index (χ0n) is 7.02. The Labute approximate surface area is 66.5 Å². The van der Waals surface area contributed by atoms with E-state index in [1.165, 1.54) is 36.0 Å². The second kappa shape index (κ2) is 5.25. The van der Waals surface area contributed by atoms with Gasteiger partial charge in [-0.15, -0.1) is 0 Å². The molecule has 0 atom stereocenters. The van der Waals surface area contributed by atoms with Crippen LogP contribution in [0.25, 0.3) is 0 Å². The lowest BCUT2D eigenvalue weighted by Crippen LogP contribution is -2.21. The summed E-state index contributed by atoms with van der Waals surface area (Å²) < 4.78 is 2.35. The first-order valence-electron chi connectivity index (χ1n) is 3.42. The Balaban J connectivity index is 2.91. The van der Waals surface area contributed by atoms with Crippen LogP contribution in [0.4, 0.5) is 0 Å². The predicted molar refractivity (Wildman–Crippen MR) is 44.3 cm³/mol. The lowest BCUT2D eigenvalue weighted by atomic mass is 10.4. The van der Waals surface area contributed by atoms with Crippen molar-refractivity contribution in [3.05, 3.63) is 0 Å². The molecule has 0 aromatic rings. The van der Waals surface area contributed by atoms with Gasteiger partial charge < -0.3 is 8.78 Å². The molecular weight excluding hydrogens is 127 g/mol. The molecule has 0 spiro atoms. The molecule has 0 saturated carbocycles. The second-order valence-electron chi connectivity index (χ2n) is 2.96. The zero-order valence-corrected chi connectivity index (χ0v) is 9.02. The van der Waals surface area contributed by atoms with Gasteiger partial charge in [0.1, 0.15) is 0 Å². The Morgan fingerprint density at radius 1 is 1.11 bits per heavy atom. The molecule has 0 aromatic carbocycles. The van der Waals surface area contributed by atoms with E-state index in [1.807, 2.05) is 0 Å². The highest BCUT2D eigenvalue weighted by Crippen LogP contribution is 1.83. The lowest BCUT2D eigenvalue weighted by molar-refractivity contribution is 0.377. The first-order chi connectivity index (χ1) is 4.13. The average molecular weight is 144 g/mol. The zero-order chi connectivity index (χ0) is 7.28. The SMILES string of the molecule is CN(C)CCC[N](C)[AlH2]. The quantitative estimate of drug-likeness (QED) is 0.487. The van der Waals surface area contributed by atoms with E-state index in [4.69, 9.17) is 0 Å². The van der Waals surface area contributed by atoms with E-state index < -0.39 is 0 Å². The lowest BCUT2D eigenvalue weighted by Gasteiger charge is -2.13. The standard InChI is InChI=1S/C6H15N2.Al.2H/c1-7-5-4-6-8(2)3;;;/h4-6H2,1-3H3;;;/q-1;+1;;. The number of nitrogens with zero attached hydrogens (tertiary/aromatic N) is 2. The summed E-state index contributed by atoms with van der Waals surface area (Å²) in [4.78, 5) is 2.23. The molecule has 0 saturated heterocycles. The fourth-order valence-electron chi connectivity index (χ4n) is 0.703. The van der Waals surface area contributed by atoms with Gasteiger partial charge in [0.15, 0.2) is 0 Å². The molecule has 0 amide bonds. The van der Waals surface area contributed by atoms with E-state index in [2.05, 4.69) is 29.9 Å². The van der Waals surface area contributed by atoms with Crippen LogP contribution >= 0.6 is 0 Å². The molecule has 9 heavy (non-hydrogen) atoms. The minimum atomic E-state index is 1.19. The van der Waals surface area contributed by atoms with Crippen LogP contribution in [0.2, 0.25) is 0 Å². The van der Waals surface area contributed by atoms with Gasteiger partial charge in [0.2, 0.25) is 0 Å². The summed E-state index contributed by atoms with van der Waals surface area (Å²) in [7, 11) is 6.40. The Kier molecular flexibility index (Phi) is 5.52. The molecular formula is C6H17AlN2. The van der Waals surface area contributed by atoms with E-state index in [0.717, 1.165) is 0 Å². The maximum atomic E-state index is 2.35. The molecule has 0 aliphatic carbocycles. The number of hydrogen-bond donors (Lipinski definition) is 0. The third kappa shape index (κ3) is 8.45. The Bertz CT molecular complexity index is 56.1. The van der Waals surface area contributed by atoms with Crippen molar-refractivity contribution in [3.63, 3.8) is 0 Å². The van der Waals surface area contributed by atoms with Crippen molar-refractivity contribution in [1.29, 1.82) is 0 Å². The summed E-state index contributed by atoms with van der Waals surface area (Å²) in [6, 6.07) is 0. The van der Waals surface area contributed by atoms with Gasteiger partial charge in [-0.05, 0) is 40.7 Å². The summed E-state index contributed by atoms with van der Waals surface area (Å²) >= 11 is 1.19. The molecule has 0 heterocycles. The fourth-order valence-corrected chi connectivity index (χ4v) is 1.02. The predicted octanol–water partition coefficient (Wildman–Crippen LogP) is -0.582. The van der Waals surface area contributed by atoms with Crippen LogP contribution in [0.1, 0.15) is 6.42 Å². The van der Waals surface area contributed by atoms with E-state index in [1.54, 1.807) is 0 Å². The molecule has 0 aromatic heterocycles. The van der Waals surface area contributed by atoms with Gasteiger partial charge in [-0.25, -0.2) is 0 Å². The van der Waals surface area contributed by atoms with Crippen LogP contribution in [-0.2, 0) is 0 Å². The average Bonchev–Trinajstić information content (AvgIpc) is 1.63. The van der Waals surface area contributed by atoms with E-state index in [9.17, 15) is 0 Å². The minimum Gasteiger partial charge on any atom is -0.393 e. The van der Waals surface area contributed by atoms with Gasteiger partial charge in [0.05, 0.1) is 0 Å². The van der Waals surface area contributed by atoms with Crippen molar-refractivity contribution in [2.45, 2.75) is 6.42 Å². The smallest absolute Gasteiger partial charge is 0.321 e. The highest BCUT2D eigenvalue weighted by atomic mass is 27.1. The molecule has 0 radical (unpaired) electrons. The van der Waals surface area contributed by atoms with Gasteiger partial charge >= 0.3 is 16.5 Å². The summed E-state index contributed by atoms with van der Waals surface area (Å²) in [5.41, 5.74) is 0. The summed E-state index contributed by atoms with van der Waals surface area (Å²) in [6.07, 6.45) is 1.30. The molecule has 2 nitrogen and oxygen atoms in total. The molecule has 0 aliphatic rings. The fraction of sp³-hybridized carbons (Fsp3) is 1.00. The third-order valence-corrected chi connectivity index (χ3v) is 1.66. The first kappa shape index (κ1) is 9.45. The van der Waals surface area contributed by atoms with Crippen LogP contribution in [0.5, 0.6) is 0 Å². The van der Waals surface area contributed by atoms with Crippen LogP contribution in [0.3, 0.4) is 0 Å². The molecule has 54 valence electrons. The van der Waals surface area contributed by atoms with Crippen molar-refractivity contribution < 1.29 is 0 Å². The van der Waals surface area contributed by atoms with Crippen molar-refractivity contribution in [2.24, 2.45) is 0 Å². The van der Waals surface area contributed by atoms with Crippen molar-refractivity contribution >= 4 is 16.5 Å². The Hall–Kier alpha value is 0.452. The molecule has 0 rings (SSSR count). The molecule has 0 N–H and O–H groups in total. The van der Waals surface area contributed by atoms with Gasteiger partial charge in [-0.2, -0.15) is 0 Å². The van der Waals surface area contributed by atoms with Gasteiger partial charge in [-0.3, -0.25) is 0 Å². The van der Waals surface area contributed by atoms with Crippen molar-refractivity contribution in [2.75, 3.05) is 34.2 Å². The normalized spacial score (nSPS) is 11.2. The topological polar surface area (TPSA) is 6.48 Å². The maximum absolute atomic E-state index is 2.35. The summed E-state index contributed by atoms with van der Waals surface area (Å²) in [5, 5.41) is 0. The van der Waals surface area contributed by atoms with Crippen LogP contribution < -0.4 is 0 Å². The van der Waals surface area contributed by atoms with E-state index in [0.29, 0.717) is 0 Å². The Morgan fingerprint density at radius 3 is 2.00 bits per heavy atom. The van der Waals surface area contributed by atoms with Crippen LogP contribution in [-0.4, -0.2) is 59.5 Å². The highest BCUT2D eigenvalue weighted by Gasteiger charge is 1.90. The minimum absolute atomic E-state index is 1.19. The van der Waals surface area contributed by atoms with Crippen molar-refractivity contribution in [3.8, 4) is 0 Å². The van der Waals surface area contributed by atoms with E-state index >= 15 is 0 Å². The Morgan fingerprint density at radius 2 is 1.67 bits per heavy atom. The van der Waals surface area contributed by atoms with E-state index in [-0.39, 0.29) is 0 Å². The van der Waals surface area contributed by atoms with Gasteiger partial charge in [0, 0.05) is 0 Å². The molecule has 0 bridgehead atoms.